The molecule has 0 radical (unpaired) electrons. The lowest BCUT2D eigenvalue weighted by Gasteiger charge is -2.22. The monoisotopic (exact) mass is 231 g/mol. The van der Waals surface area contributed by atoms with Gasteiger partial charge in [0.05, 0.1) is 7.11 Å². The smallest absolute Gasteiger partial charge is 0.123 e. The molecule has 1 N–H and O–H groups in total. The summed E-state index contributed by atoms with van der Waals surface area (Å²) in [6.45, 7) is 4.28. The number of hydrogen-bond donors (Lipinski definition) is 1. The number of para-hydroxylation sites is 1. The van der Waals surface area contributed by atoms with E-state index in [1.807, 2.05) is 18.2 Å². The van der Waals surface area contributed by atoms with Gasteiger partial charge >= 0.3 is 0 Å². The first-order valence-corrected chi connectivity index (χ1v) is 6.05. The minimum atomic E-state index is 0.240. The van der Waals surface area contributed by atoms with Gasteiger partial charge in [-0.05, 0) is 19.4 Å². The molecule has 92 valence electrons. The van der Waals surface area contributed by atoms with E-state index in [2.05, 4.69) is 31.2 Å². The Balaban J connectivity index is 2.75. The maximum atomic E-state index is 5.36. The molecule has 1 rings (SSSR count). The van der Waals surface area contributed by atoms with E-state index in [9.17, 15) is 0 Å². The molecule has 2 unspecified atom stereocenters. The van der Waals surface area contributed by atoms with Gasteiger partial charge in [-0.25, -0.2) is 0 Å². The highest BCUT2D eigenvalue weighted by atomic mass is 16.5. The maximum absolute atomic E-state index is 5.36. The van der Waals surface area contributed by atoms with E-state index in [0.717, 1.165) is 18.6 Å². The van der Waals surface area contributed by atoms with Crippen molar-refractivity contribution in [2.75, 3.05) is 7.11 Å². The molecule has 0 amide bonds. The molecule has 0 aliphatic heterocycles. The fourth-order valence-corrected chi connectivity index (χ4v) is 1.93. The number of methoxy groups -OCH3 is 1. The average Bonchev–Trinajstić information content (AvgIpc) is 2.38. The van der Waals surface area contributed by atoms with Crippen molar-refractivity contribution in [1.29, 1.82) is 0 Å². The third-order valence-electron chi connectivity index (χ3n) is 2.95. The van der Waals surface area contributed by atoms with Crippen molar-refractivity contribution in [2.24, 2.45) is 0 Å². The predicted molar refractivity (Wildman–Crippen MR) is 72.1 cm³/mol. The summed E-state index contributed by atoms with van der Waals surface area (Å²) in [5.41, 5.74) is 1.17. The topological polar surface area (TPSA) is 21.3 Å². The summed E-state index contributed by atoms with van der Waals surface area (Å²) in [4.78, 5) is 0. The molecule has 1 aromatic carbocycles. The highest BCUT2D eigenvalue weighted by molar-refractivity contribution is 5.35. The van der Waals surface area contributed by atoms with Crippen LogP contribution in [0.15, 0.2) is 24.3 Å². The van der Waals surface area contributed by atoms with E-state index in [-0.39, 0.29) is 6.04 Å². The maximum Gasteiger partial charge on any atom is 0.123 e. The SMILES string of the molecule is C#CCC(CC)NC(C)c1ccccc1OC. The van der Waals surface area contributed by atoms with Crippen molar-refractivity contribution in [3.05, 3.63) is 29.8 Å². The van der Waals surface area contributed by atoms with Gasteiger partial charge in [0.15, 0.2) is 0 Å². The van der Waals surface area contributed by atoms with Gasteiger partial charge < -0.3 is 10.1 Å². The lowest BCUT2D eigenvalue weighted by molar-refractivity contribution is 0.391. The van der Waals surface area contributed by atoms with Gasteiger partial charge in [0.25, 0.3) is 0 Å². The van der Waals surface area contributed by atoms with Gasteiger partial charge in [0.1, 0.15) is 5.75 Å². The summed E-state index contributed by atoms with van der Waals surface area (Å²) in [6.07, 6.45) is 7.15. The Labute approximate surface area is 104 Å². The first-order chi connectivity index (χ1) is 8.22. The number of rotatable bonds is 6. The molecule has 2 nitrogen and oxygen atoms in total. The zero-order chi connectivity index (χ0) is 12.7. The van der Waals surface area contributed by atoms with Crippen LogP contribution >= 0.6 is 0 Å². The van der Waals surface area contributed by atoms with Crippen molar-refractivity contribution in [3.63, 3.8) is 0 Å². The van der Waals surface area contributed by atoms with Gasteiger partial charge in [-0.2, -0.15) is 0 Å². The molecule has 0 aliphatic carbocycles. The molecule has 2 heteroatoms. The van der Waals surface area contributed by atoms with E-state index < -0.39 is 0 Å². The number of nitrogens with one attached hydrogen (secondary N) is 1. The molecule has 0 fully saturated rings. The third kappa shape index (κ3) is 3.80. The number of terminal acetylenes is 1. The Hall–Kier alpha value is -1.46. The zero-order valence-corrected chi connectivity index (χ0v) is 10.9. The molecule has 0 spiro atoms. The van der Waals surface area contributed by atoms with Crippen LogP contribution in [-0.4, -0.2) is 13.2 Å². The van der Waals surface area contributed by atoms with Crippen LogP contribution in [-0.2, 0) is 0 Å². The van der Waals surface area contributed by atoms with Crippen molar-refractivity contribution in [2.45, 2.75) is 38.8 Å². The van der Waals surface area contributed by atoms with Crippen LogP contribution in [0.2, 0.25) is 0 Å². The van der Waals surface area contributed by atoms with Crippen LogP contribution < -0.4 is 10.1 Å². The van der Waals surface area contributed by atoms with Gasteiger partial charge in [0, 0.05) is 24.1 Å². The number of benzene rings is 1. The standard InChI is InChI=1S/C15H21NO/c1-5-9-13(6-2)16-12(3)14-10-7-8-11-15(14)17-4/h1,7-8,10-13,16H,6,9H2,2-4H3. The summed E-state index contributed by atoms with van der Waals surface area (Å²) in [7, 11) is 1.70. The molecule has 0 heterocycles. The van der Waals surface area contributed by atoms with Crippen LogP contribution in [0.5, 0.6) is 5.75 Å². The van der Waals surface area contributed by atoms with Crippen molar-refractivity contribution in [3.8, 4) is 18.1 Å². The van der Waals surface area contributed by atoms with E-state index in [4.69, 9.17) is 11.2 Å². The van der Waals surface area contributed by atoms with Gasteiger partial charge in [0.2, 0.25) is 0 Å². The van der Waals surface area contributed by atoms with Crippen LogP contribution in [0.4, 0.5) is 0 Å². The fraction of sp³-hybridized carbons (Fsp3) is 0.467. The van der Waals surface area contributed by atoms with Crippen molar-refractivity contribution < 1.29 is 4.74 Å². The van der Waals surface area contributed by atoms with Crippen LogP contribution in [0, 0.1) is 12.3 Å². The molecule has 0 saturated carbocycles. The summed E-state index contributed by atoms with van der Waals surface area (Å²) >= 11 is 0. The Morgan fingerprint density at radius 2 is 2.12 bits per heavy atom. The van der Waals surface area contributed by atoms with Crippen LogP contribution in [0.3, 0.4) is 0 Å². The highest BCUT2D eigenvalue weighted by Crippen LogP contribution is 2.25. The molecule has 2 atom stereocenters. The Kier molecular flexibility index (Phi) is 5.59. The van der Waals surface area contributed by atoms with E-state index in [1.54, 1.807) is 7.11 Å². The molecule has 0 saturated heterocycles. The summed E-state index contributed by atoms with van der Waals surface area (Å²) in [6, 6.07) is 8.67. The predicted octanol–water partition coefficient (Wildman–Crippen LogP) is 3.15. The van der Waals surface area contributed by atoms with Gasteiger partial charge in [-0.3, -0.25) is 0 Å². The van der Waals surface area contributed by atoms with Crippen molar-refractivity contribution in [1.82, 2.24) is 5.32 Å². The normalized spacial score (nSPS) is 13.8. The second-order valence-electron chi connectivity index (χ2n) is 4.14. The van der Waals surface area contributed by atoms with Crippen molar-refractivity contribution >= 4 is 0 Å². The summed E-state index contributed by atoms with van der Waals surface area (Å²) in [5, 5.41) is 3.54. The Morgan fingerprint density at radius 3 is 2.71 bits per heavy atom. The molecule has 0 aromatic heterocycles. The zero-order valence-electron chi connectivity index (χ0n) is 10.9. The second kappa shape index (κ2) is 6.98. The Morgan fingerprint density at radius 1 is 1.41 bits per heavy atom. The largest absolute Gasteiger partial charge is 0.496 e. The van der Waals surface area contributed by atoms with E-state index in [0.29, 0.717) is 6.04 Å². The molecule has 1 aromatic rings. The average molecular weight is 231 g/mol. The Bertz CT molecular complexity index is 381. The summed E-state index contributed by atoms with van der Waals surface area (Å²) < 4.78 is 5.36. The highest BCUT2D eigenvalue weighted by Gasteiger charge is 2.14. The van der Waals surface area contributed by atoms with Crippen LogP contribution in [0.1, 0.15) is 38.3 Å². The summed E-state index contributed by atoms with van der Waals surface area (Å²) in [5.74, 6) is 3.63. The first-order valence-electron chi connectivity index (χ1n) is 6.05. The lowest BCUT2D eigenvalue weighted by Crippen LogP contribution is -2.30. The van der Waals surface area contributed by atoms with E-state index in [1.165, 1.54) is 5.56 Å². The first kappa shape index (κ1) is 13.6. The van der Waals surface area contributed by atoms with Gasteiger partial charge in [-0.1, -0.05) is 25.1 Å². The molecular weight excluding hydrogens is 210 g/mol. The van der Waals surface area contributed by atoms with Crippen LogP contribution in [0.25, 0.3) is 0 Å². The number of ether oxygens (including phenoxy) is 1. The number of hydrogen-bond acceptors (Lipinski definition) is 2. The van der Waals surface area contributed by atoms with Gasteiger partial charge in [-0.15, -0.1) is 12.3 Å². The minimum Gasteiger partial charge on any atom is -0.496 e. The van der Waals surface area contributed by atoms with E-state index >= 15 is 0 Å². The minimum absolute atomic E-state index is 0.240. The quantitative estimate of drug-likeness (QED) is 0.759. The molecule has 17 heavy (non-hydrogen) atoms. The third-order valence-corrected chi connectivity index (χ3v) is 2.95. The second-order valence-corrected chi connectivity index (χ2v) is 4.14. The molecular formula is C15H21NO. The fourth-order valence-electron chi connectivity index (χ4n) is 1.93. The molecule has 0 aliphatic rings. The lowest BCUT2D eigenvalue weighted by atomic mass is 10.0. The molecule has 0 bridgehead atoms.